The number of fused-ring (bicyclic) bond motifs is 1. The van der Waals surface area contributed by atoms with E-state index in [1.165, 1.54) is 6.42 Å². The first-order chi connectivity index (χ1) is 8.70. The topological polar surface area (TPSA) is 46.3 Å². The zero-order valence-corrected chi connectivity index (χ0v) is 11.2. The van der Waals surface area contributed by atoms with Gasteiger partial charge < -0.3 is 4.90 Å². The van der Waals surface area contributed by atoms with Crippen LogP contribution in [0.25, 0.3) is 5.78 Å². The van der Waals surface area contributed by atoms with Crippen molar-refractivity contribution in [3.05, 3.63) is 18.1 Å². The largest absolute Gasteiger partial charge is 0.353 e. The normalized spacial score (nSPS) is 24.1. The third-order valence-electron chi connectivity index (χ3n) is 4.08. The van der Waals surface area contributed by atoms with Gasteiger partial charge in [0.1, 0.15) is 12.1 Å². The van der Waals surface area contributed by atoms with Crippen molar-refractivity contribution in [1.82, 2.24) is 19.6 Å². The van der Waals surface area contributed by atoms with Gasteiger partial charge in [0.2, 0.25) is 0 Å². The molecule has 0 radical (unpaired) electrons. The highest BCUT2D eigenvalue weighted by Crippen LogP contribution is 2.29. The standard InChI is InChI=1S/C13H19N5/c1-4-11-7-12(17-6-5-9(2)10(17)3)18-13(16-11)14-8-15-18/h7-10H,4-6H2,1-3H3. The average molecular weight is 245 g/mol. The average Bonchev–Trinajstić information content (AvgIpc) is 2.97. The van der Waals surface area contributed by atoms with Crippen molar-refractivity contribution in [3.63, 3.8) is 0 Å². The van der Waals surface area contributed by atoms with Crippen LogP contribution in [0.2, 0.25) is 0 Å². The first-order valence-corrected chi connectivity index (χ1v) is 6.67. The van der Waals surface area contributed by atoms with Crippen molar-refractivity contribution in [2.45, 2.75) is 39.7 Å². The van der Waals surface area contributed by atoms with Gasteiger partial charge in [-0.1, -0.05) is 13.8 Å². The molecule has 0 aromatic carbocycles. The lowest BCUT2D eigenvalue weighted by Crippen LogP contribution is -2.31. The van der Waals surface area contributed by atoms with Crippen molar-refractivity contribution in [2.75, 3.05) is 11.4 Å². The summed E-state index contributed by atoms with van der Waals surface area (Å²) >= 11 is 0. The highest BCUT2D eigenvalue weighted by molar-refractivity contribution is 5.49. The second-order valence-corrected chi connectivity index (χ2v) is 5.13. The number of hydrogen-bond donors (Lipinski definition) is 0. The van der Waals surface area contributed by atoms with Crippen LogP contribution in [-0.4, -0.2) is 32.2 Å². The van der Waals surface area contributed by atoms with Crippen molar-refractivity contribution < 1.29 is 0 Å². The lowest BCUT2D eigenvalue weighted by atomic mass is 10.1. The minimum Gasteiger partial charge on any atom is -0.353 e. The molecule has 5 heteroatoms. The molecule has 2 atom stereocenters. The maximum atomic E-state index is 4.49. The smallest absolute Gasteiger partial charge is 0.254 e. The predicted molar refractivity (Wildman–Crippen MR) is 70.7 cm³/mol. The van der Waals surface area contributed by atoms with Gasteiger partial charge >= 0.3 is 0 Å². The summed E-state index contributed by atoms with van der Waals surface area (Å²) in [5.74, 6) is 2.56. The van der Waals surface area contributed by atoms with Gasteiger partial charge in [-0.3, -0.25) is 0 Å². The van der Waals surface area contributed by atoms with Crippen LogP contribution in [-0.2, 0) is 6.42 Å². The maximum Gasteiger partial charge on any atom is 0.254 e. The second-order valence-electron chi connectivity index (χ2n) is 5.13. The summed E-state index contributed by atoms with van der Waals surface area (Å²) in [7, 11) is 0. The molecule has 0 bridgehead atoms. The predicted octanol–water partition coefficient (Wildman–Crippen LogP) is 1.92. The monoisotopic (exact) mass is 245 g/mol. The Morgan fingerprint density at radius 2 is 2.22 bits per heavy atom. The molecule has 2 aromatic heterocycles. The van der Waals surface area contributed by atoms with Crippen LogP contribution in [0.3, 0.4) is 0 Å². The Labute approximate surface area is 107 Å². The summed E-state index contributed by atoms with van der Waals surface area (Å²) < 4.78 is 1.85. The van der Waals surface area contributed by atoms with Crippen LogP contribution in [0.4, 0.5) is 5.82 Å². The van der Waals surface area contributed by atoms with Gasteiger partial charge in [0.05, 0.1) is 0 Å². The molecule has 2 unspecified atom stereocenters. The van der Waals surface area contributed by atoms with Gasteiger partial charge in [-0.2, -0.15) is 14.6 Å². The Balaban J connectivity index is 2.12. The number of aryl methyl sites for hydroxylation is 1. The third-order valence-corrected chi connectivity index (χ3v) is 4.08. The summed E-state index contributed by atoms with van der Waals surface area (Å²) in [4.78, 5) is 11.1. The number of nitrogens with zero attached hydrogens (tertiary/aromatic N) is 5. The van der Waals surface area contributed by atoms with Gasteiger partial charge in [-0.15, -0.1) is 0 Å². The Kier molecular flexibility index (Phi) is 2.69. The Hall–Kier alpha value is -1.65. The summed E-state index contributed by atoms with van der Waals surface area (Å²) in [6, 6.07) is 2.69. The van der Waals surface area contributed by atoms with Crippen LogP contribution >= 0.6 is 0 Å². The highest BCUT2D eigenvalue weighted by atomic mass is 15.4. The summed E-state index contributed by atoms with van der Waals surface area (Å²) in [6.45, 7) is 7.80. The Morgan fingerprint density at radius 1 is 1.39 bits per heavy atom. The van der Waals surface area contributed by atoms with E-state index in [0.29, 0.717) is 11.8 Å². The highest BCUT2D eigenvalue weighted by Gasteiger charge is 2.29. The van der Waals surface area contributed by atoms with Crippen molar-refractivity contribution in [1.29, 1.82) is 0 Å². The molecule has 0 saturated carbocycles. The number of anilines is 1. The van der Waals surface area contributed by atoms with E-state index in [4.69, 9.17) is 0 Å². The van der Waals surface area contributed by atoms with Gasteiger partial charge in [-0.05, 0) is 25.7 Å². The molecule has 1 fully saturated rings. The molecule has 1 saturated heterocycles. The van der Waals surface area contributed by atoms with E-state index in [-0.39, 0.29) is 0 Å². The fraction of sp³-hybridized carbons (Fsp3) is 0.615. The first kappa shape index (κ1) is 11.4. The molecule has 0 aliphatic carbocycles. The third kappa shape index (κ3) is 1.65. The second kappa shape index (κ2) is 4.23. The minimum absolute atomic E-state index is 0.546. The van der Waals surface area contributed by atoms with E-state index in [9.17, 15) is 0 Å². The van der Waals surface area contributed by atoms with Crippen molar-refractivity contribution in [2.24, 2.45) is 5.92 Å². The zero-order chi connectivity index (χ0) is 12.7. The molecule has 5 nitrogen and oxygen atoms in total. The van der Waals surface area contributed by atoms with Gasteiger partial charge in [-0.25, -0.2) is 4.98 Å². The van der Waals surface area contributed by atoms with E-state index in [2.05, 4.69) is 46.8 Å². The van der Waals surface area contributed by atoms with Crippen molar-refractivity contribution >= 4 is 11.6 Å². The lowest BCUT2D eigenvalue weighted by molar-refractivity contribution is 0.542. The summed E-state index contributed by atoms with van der Waals surface area (Å²) in [6.07, 6.45) is 3.74. The molecular formula is C13H19N5. The maximum absolute atomic E-state index is 4.49. The molecule has 0 spiro atoms. The molecule has 18 heavy (non-hydrogen) atoms. The van der Waals surface area contributed by atoms with E-state index >= 15 is 0 Å². The van der Waals surface area contributed by atoms with E-state index in [1.807, 2.05) is 4.52 Å². The van der Waals surface area contributed by atoms with E-state index in [0.717, 1.165) is 30.4 Å². The SMILES string of the molecule is CCc1cc(N2CCC(C)C2C)n2ncnc2n1. The van der Waals surface area contributed by atoms with Crippen molar-refractivity contribution in [3.8, 4) is 0 Å². The molecule has 3 heterocycles. The fourth-order valence-electron chi connectivity index (χ4n) is 2.65. The van der Waals surface area contributed by atoms with E-state index < -0.39 is 0 Å². The van der Waals surface area contributed by atoms with Crippen LogP contribution in [0.15, 0.2) is 12.4 Å². The fourth-order valence-corrected chi connectivity index (χ4v) is 2.65. The summed E-state index contributed by atoms with van der Waals surface area (Å²) in [5.41, 5.74) is 1.08. The number of hydrogen-bond acceptors (Lipinski definition) is 4. The Bertz CT molecular complexity index is 562. The molecular weight excluding hydrogens is 226 g/mol. The van der Waals surface area contributed by atoms with Crippen LogP contribution in [0.5, 0.6) is 0 Å². The van der Waals surface area contributed by atoms with Crippen LogP contribution in [0.1, 0.15) is 32.9 Å². The Morgan fingerprint density at radius 3 is 2.89 bits per heavy atom. The van der Waals surface area contributed by atoms with Crippen LogP contribution in [0, 0.1) is 5.92 Å². The van der Waals surface area contributed by atoms with Crippen LogP contribution < -0.4 is 4.90 Å². The number of aromatic nitrogens is 4. The molecule has 0 amide bonds. The molecule has 1 aliphatic rings. The first-order valence-electron chi connectivity index (χ1n) is 6.67. The molecule has 3 rings (SSSR count). The van der Waals surface area contributed by atoms with Gasteiger partial charge in [0, 0.05) is 24.3 Å². The minimum atomic E-state index is 0.546. The quantitative estimate of drug-likeness (QED) is 0.811. The lowest BCUT2D eigenvalue weighted by Gasteiger charge is -2.25. The summed E-state index contributed by atoms with van der Waals surface area (Å²) in [5, 5.41) is 4.30. The zero-order valence-electron chi connectivity index (χ0n) is 11.2. The number of rotatable bonds is 2. The molecule has 0 N–H and O–H groups in total. The van der Waals surface area contributed by atoms with Gasteiger partial charge in [0.25, 0.3) is 5.78 Å². The molecule has 96 valence electrons. The molecule has 2 aromatic rings. The van der Waals surface area contributed by atoms with E-state index in [1.54, 1.807) is 6.33 Å². The molecule has 1 aliphatic heterocycles. The van der Waals surface area contributed by atoms with Gasteiger partial charge in [0.15, 0.2) is 0 Å².